The van der Waals surface area contributed by atoms with Crippen molar-refractivity contribution >= 4 is 23.2 Å². The Labute approximate surface area is 142 Å². The summed E-state index contributed by atoms with van der Waals surface area (Å²) < 4.78 is 5.49. The first-order valence-corrected chi connectivity index (χ1v) is 8.35. The van der Waals surface area contributed by atoms with Crippen LogP contribution in [0.3, 0.4) is 0 Å². The molecule has 3 heterocycles. The number of rotatable bonds is 5. The predicted molar refractivity (Wildman–Crippen MR) is 87.9 cm³/mol. The van der Waals surface area contributed by atoms with E-state index < -0.39 is 18.2 Å². The molecule has 0 aromatic carbocycles. The van der Waals surface area contributed by atoms with Crippen molar-refractivity contribution in [2.45, 2.75) is 18.2 Å². The number of carbonyl (C=O) groups is 2. The third-order valence-corrected chi connectivity index (χ3v) is 4.62. The van der Waals surface area contributed by atoms with Crippen molar-refractivity contribution in [1.82, 2.24) is 15.6 Å². The van der Waals surface area contributed by atoms with Gasteiger partial charge in [0, 0.05) is 24.5 Å². The Kier molecular flexibility index (Phi) is 5.19. The molecule has 8 heteroatoms. The molecule has 0 bridgehead atoms. The lowest BCUT2D eigenvalue weighted by molar-refractivity contribution is 0.0396. The van der Waals surface area contributed by atoms with Crippen LogP contribution in [0.25, 0.3) is 0 Å². The molecule has 1 saturated heterocycles. The topological polar surface area (TPSA) is 101 Å². The molecule has 24 heavy (non-hydrogen) atoms. The Bertz CT molecular complexity index is 693. The summed E-state index contributed by atoms with van der Waals surface area (Å²) in [7, 11) is 0. The number of nitrogens with zero attached hydrogens (tertiary/aromatic N) is 1. The summed E-state index contributed by atoms with van der Waals surface area (Å²) in [4.78, 5) is 28.4. The van der Waals surface area contributed by atoms with Crippen LogP contribution in [0.4, 0.5) is 0 Å². The Morgan fingerprint density at radius 1 is 1.29 bits per heavy atom. The molecule has 1 aliphatic heterocycles. The third kappa shape index (κ3) is 3.78. The highest BCUT2D eigenvalue weighted by atomic mass is 32.1. The first-order valence-electron chi connectivity index (χ1n) is 7.47. The van der Waals surface area contributed by atoms with E-state index in [-0.39, 0.29) is 25.0 Å². The molecular formula is C16H17N3O4S. The lowest BCUT2D eigenvalue weighted by Gasteiger charge is -2.18. The first-order chi connectivity index (χ1) is 11.6. The molecule has 2 amide bonds. The highest BCUT2D eigenvalue weighted by Gasteiger charge is 2.37. The summed E-state index contributed by atoms with van der Waals surface area (Å²) in [6.45, 7) is 0.363. The van der Waals surface area contributed by atoms with Crippen molar-refractivity contribution in [3.05, 3.63) is 52.5 Å². The minimum absolute atomic E-state index is 0.160. The maximum atomic E-state index is 12.0. The van der Waals surface area contributed by atoms with E-state index in [0.29, 0.717) is 10.4 Å². The second kappa shape index (κ2) is 7.52. The summed E-state index contributed by atoms with van der Waals surface area (Å²) in [5, 5.41) is 17.6. The van der Waals surface area contributed by atoms with Crippen LogP contribution in [-0.2, 0) is 4.74 Å². The van der Waals surface area contributed by atoms with E-state index in [1.54, 1.807) is 24.3 Å². The van der Waals surface area contributed by atoms with Gasteiger partial charge in [-0.15, -0.1) is 11.3 Å². The number of aliphatic hydroxyl groups excluding tert-OH is 1. The van der Waals surface area contributed by atoms with Crippen LogP contribution in [0.2, 0.25) is 0 Å². The second-order valence-electron chi connectivity index (χ2n) is 5.37. The molecule has 3 atom stereocenters. The predicted octanol–water partition coefficient (Wildman–Crippen LogP) is 0.431. The molecule has 2 aromatic heterocycles. The minimum Gasteiger partial charge on any atom is -0.388 e. The molecule has 1 aliphatic rings. The number of hydrogen-bond donors (Lipinski definition) is 3. The van der Waals surface area contributed by atoms with E-state index in [2.05, 4.69) is 15.6 Å². The fourth-order valence-corrected chi connectivity index (χ4v) is 3.06. The number of ether oxygens (including phenoxy) is 1. The molecule has 0 aliphatic carbocycles. The van der Waals surface area contributed by atoms with Gasteiger partial charge in [-0.3, -0.25) is 14.6 Å². The smallest absolute Gasteiger partial charge is 0.261 e. The highest BCUT2D eigenvalue weighted by molar-refractivity contribution is 7.12. The summed E-state index contributed by atoms with van der Waals surface area (Å²) in [5.41, 5.74) is 0.486. The van der Waals surface area contributed by atoms with Crippen molar-refractivity contribution < 1.29 is 19.4 Å². The minimum atomic E-state index is -0.883. The molecule has 126 valence electrons. The number of nitrogens with one attached hydrogen (secondary N) is 2. The van der Waals surface area contributed by atoms with Crippen LogP contribution in [-0.4, -0.2) is 53.3 Å². The summed E-state index contributed by atoms with van der Waals surface area (Å²) in [5.74, 6) is -0.501. The van der Waals surface area contributed by atoms with Gasteiger partial charge in [0.15, 0.2) is 0 Å². The van der Waals surface area contributed by atoms with Crippen LogP contribution in [0.15, 0.2) is 42.0 Å². The largest absolute Gasteiger partial charge is 0.388 e. The number of amides is 2. The van der Waals surface area contributed by atoms with Crippen molar-refractivity contribution in [2.75, 3.05) is 13.2 Å². The monoisotopic (exact) mass is 347 g/mol. The van der Waals surface area contributed by atoms with Gasteiger partial charge in [-0.2, -0.15) is 0 Å². The first kappa shape index (κ1) is 16.6. The van der Waals surface area contributed by atoms with Crippen LogP contribution in [0.5, 0.6) is 0 Å². The van der Waals surface area contributed by atoms with E-state index in [1.165, 1.54) is 23.7 Å². The molecule has 7 nitrogen and oxygen atoms in total. The average Bonchev–Trinajstić information content (AvgIpc) is 3.25. The summed E-state index contributed by atoms with van der Waals surface area (Å²) >= 11 is 1.33. The van der Waals surface area contributed by atoms with Gasteiger partial charge in [-0.25, -0.2) is 0 Å². The van der Waals surface area contributed by atoms with Crippen molar-refractivity contribution in [1.29, 1.82) is 0 Å². The standard InChI is InChI=1S/C16H17N3O4S/c20-14-11(19-16(22)13-2-1-7-24-13)9-23-12(14)8-18-15(21)10-3-5-17-6-4-10/h1-7,11-12,14,20H,8-9H2,(H,18,21)(H,19,22)/t11-,12-,14+/m1/s1. The summed E-state index contributed by atoms with van der Waals surface area (Å²) in [6.07, 6.45) is 1.62. The van der Waals surface area contributed by atoms with Gasteiger partial charge in [-0.05, 0) is 23.6 Å². The maximum Gasteiger partial charge on any atom is 0.261 e. The lowest BCUT2D eigenvalue weighted by atomic mass is 10.1. The number of aromatic nitrogens is 1. The van der Waals surface area contributed by atoms with Gasteiger partial charge in [0.25, 0.3) is 11.8 Å². The van der Waals surface area contributed by atoms with E-state index in [4.69, 9.17) is 4.74 Å². The van der Waals surface area contributed by atoms with Crippen molar-refractivity contribution in [2.24, 2.45) is 0 Å². The van der Waals surface area contributed by atoms with Gasteiger partial charge in [-0.1, -0.05) is 6.07 Å². The van der Waals surface area contributed by atoms with E-state index in [9.17, 15) is 14.7 Å². The Morgan fingerprint density at radius 3 is 2.79 bits per heavy atom. The van der Waals surface area contributed by atoms with Crippen LogP contribution < -0.4 is 10.6 Å². The van der Waals surface area contributed by atoms with Crippen LogP contribution in [0, 0.1) is 0 Å². The van der Waals surface area contributed by atoms with Crippen LogP contribution in [0.1, 0.15) is 20.0 Å². The van der Waals surface area contributed by atoms with Gasteiger partial charge in [0.1, 0.15) is 12.2 Å². The Hall–Kier alpha value is -2.29. The average molecular weight is 347 g/mol. The zero-order chi connectivity index (χ0) is 16.9. The van der Waals surface area contributed by atoms with Gasteiger partial charge < -0.3 is 20.5 Å². The quantitative estimate of drug-likeness (QED) is 0.728. The fourth-order valence-electron chi connectivity index (χ4n) is 2.44. The van der Waals surface area contributed by atoms with E-state index in [0.717, 1.165) is 0 Å². The van der Waals surface area contributed by atoms with Crippen molar-refractivity contribution in [3.8, 4) is 0 Å². The van der Waals surface area contributed by atoms with Crippen LogP contribution >= 0.6 is 11.3 Å². The SMILES string of the molecule is O=C(NC[C@H]1OC[C@@H](NC(=O)c2cccs2)[C@@H]1O)c1ccncc1. The molecule has 0 saturated carbocycles. The van der Waals surface area contributed by atoms with E-state index >= 15 is 0 Å². The normalized spacial score (nSPS) is 23.0. The number of carbonyl (C=O) groups excluding carboxylic acids is 2. The highest BCUT2D eigenvalue weighted by Crippen LogP contribution is 2.16. The molecular weight excluding hydrogens is 330 g/mol. The number of pyridine rings is 1. The lowest BCUT2D eigenvalue weighted by Crippen LogP contribution is -2.46. The third-order valence-electron chi connectivity index (χ3n) is 3.75. The van der Waals surface area contributed by atoms with E-state index in [1.807, 2.05) is 5.38 Å². The number of thiophene rings is 1. The fraction of sp³-hybridized carbons (Fsp3) is 0.312. The zero-order valence-electron chi connectivity index (χ0n) is 12.7. The van der Waals surface area contributed by atoms with Crippen molar-refractivity contribution in [3.63, 3.8) is 0 Å². The van der Waals surface area contributed by atoms with Gasteiger partial charge in [0.2, 0.25) is 0 Å². The van der Waals surface area contributed by atoms with Gasteiger partial charge in [0.05, 0.1) is 17.5 Å². The Balaban J connectivity index is 1.50. The molecule has 0 spiro atoms. The zero-order valence-corrected chi connectivity index (χ0v) is 13.5. The molecule has 0 radical (unpaired) electrons. The number of aliphatic hydroxyl groups is 1. The molecule has 2 aromatic rings. The second-order valence-corrected chi connectivity index (χ2v) is 6.31. The molecule has 3 rings (SSSR count). The van der Waals surface area contributed by atoms with Gasteiger partial charge >= 0.3 is 0 Å². The maximum absolute atomic E-state index is 12.0. The number of hydrogen-bond acceptors (Lipinski definition) is 6. The molecule has 0 unspecified atom stereocenters. The molecule has 3 N–H and O–H groups in total. The summed E-state index contributed by atoms with van der Waals surface area (Å²) in [6, 6.07) is 6.21. The Morgan fingerprint density at radius 2 is 2.08 bits per heavy atom. The molecule has 1 fully saturated rings.